The van der Waals surface area contributed by atoms with E-state index in [1.807, 2.05) is 0 Å². The molecule has 0 bridgehead atoms. The molecule has 110 valence electrons. The summed E-state index contributed by atoms with van der Waals surface area (Å²) in [5.74, 6) is 1.06. The average molecular weight is 281 g/mol. The molecule has 20 heavy (non-hydrogen) atoms. The summed E-state index contributed by atoms with van der Waals surface area (Å²) in [6.07, 6.45) is 0. The summed E-state index contributed by atoms with van der Waals surface area (Å²) in [5, 5.41) is 9.30. The first-order chi connectivity index (χ1) is 9.74. The van der Waals surface area contributed by atoms with Crippen molar-refractivity contribution in [1.82, 2.24) is 4.90 Å². The topological polar surface area (TPSA) is 68.2 Å². The quantitative estimate of drug-likeness (QED) is 0.847. The maximum absolute atomic E-state index is 12.0. The summed E-state index contributed by atoms with van der Waals surface area (Å²) in [5.41, 5.74) is 0.596. The molecule has 1 aromatic rings. The van der Waals surface area contributed by atoms with Crippen LogP contribution in [-0.2, 0) is 16.1 Å². The van der Waals surface area contributed by atoms with Gasteiger partial charge < -0.3 is 24.2 Å². The highest BCUT2D eigenvalue weighted by molar-refractivity contribution is 5.77. The number of benzene rings is 1. The summed E-state index contributed by atoms with van der Waals surface area (Å²) in [7, 11) is 1.55. The Bertz CT molecular complexity index is 457. The van der Waals surface area contributed by atoms with E-state index in [0.717, 1.165) is 0 Å². The monoisotopic (exact) mass is 281 g/mol. The number of methoxy groups -OCH3 is 1. The van der Waals surface area contributed by atoms with E-state index in [0.29, 0.717) is 43.4 Å². The Morgan fingerprint density at radius 2 is 2.15 bits per heavy atom. The number of rotatable bonds is 5. The molecule has 6 nitrogen and oxygen atoms in total. The van der Waals surface area contributed by atoms with Crippen LogP contribution in [0.25, 0.3) is 0 Å². The summed E-state index contributed by atoms with van der Waals surface area (Å²) in [6.45, 7) is 2.11. The molecule has 1 saturated heterocycles. The minimum absolute atomic E-state index is 0.0423. The van der Waals surface area contributed by atoms with Crippen LogP contribution >= 0.6 is 0 Å². The summed E-state index contributed by atoms with van der Waals surface area (Å²) < 4.78 is 15.8. The van der Waals surface area contributed by atoms with E-state index in [4.69, 9.17) is 14.2 Å². The number of carbonyl (C=O) groups is 1. The van der Waals surface area contributed by atoms with Gasteiger partial charge in [0.25, 0.3) is 5.91 Å². The predicted octanol–water partition coefficient (Wildman–Crippen LogP) is 0.425. The summed E-state index contributed by atoms with van der Waals surface area (Å²) in [6, 6.07) is 5.11. The maximum atomic E-state index is 12.0. The molecule has 1 fully saturated rings. The van der Waals surface area contributed by atoms with E-state index >= 15 is 0 Å². The van der Waals surface area contributed by atoms with Crippen LogP contribution in [0.5, 0.6) is 11.5 Å². The van der Waals surface area contributed by atoms with Gasteiger partial charge in [0.1, 0.15) is 11.5 Å². The highest BCUT2D eigenvalue weighted by Crippen LogP contribution is 2.24. The molecule has 1 aromatic carbocycles. The predicted molar refractivity (Wildman–Crippen MR) is 71.8 cm³/mol. The lowest BCUT2D eigenvalue weighted by Gasteiger charge is -2.26. The van der Waals surface area contributed by atoms with Gasteiger partial charge in [-0.3, -0.25) is 4.79 Å². The molecule has 6 heteroatoms. The third-order valence-electron chi connectivity index (χ3n) is 3.15. The first-order valence-electron chi connectivity index (χ1n) is 6.50. The number of morpholine rings is 1. The first-order valence-corrected chi connectivity index (χ1v) is 6.50. The fourth-order valence-electron chi connectivity index (χ4n) is 1.99. The molecule has 1 aliphatic rings. The smallest absolute Gasteiger partial charge is 0.260 e. The zero-order chi connectivity index (χ0) is 14.4. The fraction of sp³-hybridized carbons (Fsp3) is 0.500. The highest BCUT2D eigenvalue weighted by Gasteiger charge is 2.17. The van der Waals surface area contributed by atoms with E-state index < -0.39 is 0 Å². The minimum Gasteiger partial charge on any atom is -0.497 e. The van der Waals surface area contributed by atoms with Crippen LogP contribution in [0.15, 0.2) is 18.2 Å². The van der Waals surface area contributed by atoms with Crippen molar-refractivity contribution in [1.29, 1.82) is 0 Å². The van der Waals surface area contributed by atoms with Gasteiger partial charge in [-0.2, -0.15) is 0 Å². The fourth-order valence-corrected chi connectivity index (χ4v) is 1.99. The van der Waals surface area contributed by atoms with Crippen LogP contribution < -0.4 is 9.47 Å². The molecular weight excluding hydrogens is 262 g/mol. The highest BCUT2D eigenvalue weighted by atomic mass is 16.5. The average Bonchev–Trinajstić information content (AvgIpc) is 2.53. The van der Waals surface area contributed by atoms with Gasteiger partial charge in [-0.25, -0.2) is 0 Å². The van der Waals surface area contributed by atoms with Crippen LogP contribution in [0, 0.1) is 0 Å². The molecular formula is C14H19NO5. The van der Waals surface area contributed by atoms with Crippen molar-refractivity contribution in [2.45, 2.75) is 6.61 Å². The number of aliphatic hydroxyl groups excluding tert-OH is 1. The summed E-state index contributed by atoms with van der Waals surface area (Å²) in [4.78, 5) is 13.7. The largest absolute Gasteiger partial charge is 0.497 e. The number of nitrogens with zero attached hydrogens (tertiary/aromatic N) is 1. The van der Waals surface area contributed by atoms with Gasteiger partial charge in [-0.15, -0.1) is 0 Å². The summed E-state index contributed by atoms with van der Waals surface area (Å²) >= 11 is 0. The molecule has 0 aliphatic carbocycles. The van der Waals surface area contributed by atoms with Crippen molar-refractivity contribution in [2.24, 2.45) is 0 Å². The molecule has 0 saturated carbocycles. The Morgan fingerprint density at radius 1 is 1.40 bits per heavy atom. The second-order valence-electron chi connectivity index (χ2n) is 4.41. The molecule has 1 amide bonds. The van der Waals surface area contributed by atoms with Crippen molar-refractivity contribution in [3.8, 4) is 11.5 Å². The van der Waals surface area contributed by atoms with Gasteiger partial charge in [0.05, 0.1) is 26.9 Å². The lowest BCUT2D eigenvalue weighted by molar-refractivity contribution is -0.137. The molecule has 0 radical (unpaired) electrons. The van der Waals surface area contributed by atoms with Gasteiger partial charge in [0.15, 0.2) is 6.61 Å². The molecule has 0 atom stereocenters. The molecule has 0 unspecified atom stereocenters. The van der Waals surface area contributed by atoms with E-state index in [2.05, 4.69) is 0 Å². The van der Waals surface area contributed by atoms with Gasteiger partial charge in [0, 0.05) is 18.7 Å². The van der Waals surface area contributed by atoms with Crippen molar-refractivity contribution >= 4 is 5.91 Å². The number of carbonyl (C=O) groups excluding carboxylic acids is 1. The Hall–Kier alpha value is -1.79. The van der Waals surface area contributed by atoms with Crippen molar-refractivity contribution in [3.05, 3.63) is 23.8 Å². The molecule has 2 rings (SSSR count). The second-order valence-corrected chi connectivity index (χ2v) is 4.41. The number of amides is 1. The third-order valence-corrected chi connectivity index (χ3v) is 3.15. The van der Waals surface area contributed by atoms with Crippen LogP contribution in [0.2, 0.25) is 0 Å². The molecule has 1 heterocycles. The Balaban J connectivity index is 1.94. The van der Waals surface area contributed by atoms with Crippen LogP contribution in [0.1, 0.15) is 5.56 Å². The standard InChI is InChI=1S/C14H19NO5/c1-18-12-2-3-13(11(8-12)9-16)20-10-14(17)15-4-6-19-7-5-15/h2-3,8,16H,4-7,9-10H2,1H3. The van der Waals surface area contributed by atoms with E-state index in [1.165, 1.54) is 0 Å². The number of hydrogen-bond acceptors (Lipinski definition) is 5. The lowest BCUT2D eigenvalue weighted by atomic mass is 10.2. The minimum atomic E-state index is -0.168. The van der Waals surface area contributed by atoms with E-state index in [1.54, 1.807) is 30.2 Å². The number of aliphatic hydroxyl groups is 1. The van der Waals surface area contributed by atoms with Gasteiger partial charge in [-0.05, 0) is 18.2 Å². The van der Waals surface area contributed by atoms with Crippen LogP contribution in [-0.4, -0.2) is 55.9 Å². The zero-order valence-electron chi connectivity index (χ0n) is 11.5. The number of hydrogen-bond donors (Lipinski definition) is 1. The van der Waals surface area contributed by atoms with E-state index in [-0.39, 0.29) is 19.1 Å². The van der Waals surface area contributed by atoms with Crippen molar-refractivity contribution < 1.29 is 24.1 Å². The normalized spacial score (nSPS) is 15.0. The SMILES string of the molecule is COc1ccc(OCC(=O)N2CCOCC2)c(CO)c1. The molecule has 1 N–H and O–H groups in total. The molecule has 1 aliphatic heterocycles. The Morgan fingerprint density at radius 3 is 2.80 bits per heavy atom. The van der Waals surface area contributed by atoms with Crippen molar-refractivity contribution in [3.63, 3.8) is 0 Å². The Kier molecular flexibility index (Phi) is 5.20. The lowest BCUT2D eigenvalue weighted by Crippen LogP contribution is -2.43. The second kappa shape index (κ2) is 7.12. The zero-order valence-corrected chi connectivity index (χ0v) is 11.5. The Labute approximate surface area is 117 Å². The van der Waals surface area contributed by atoms with E-state index in [9.17, 15) is 9.90 Å². The third kappa shape index (κ3) is 3.61. The van der Waals surface area contributed by atoms with Crippen LogP contribution in [0.4, 0.5) is 0 Å². The van der Waals surface area contributed by atoms with Crippen LogP contribution in [0.3, 0.4) is 0 Å². The van der Waals surface area contributed by atoms with Crippen molar-refractivity contribution in [2.75, 3.05) is 40.0 Å². The van der Waals surface area contributed by atoms with Gasteiger partial charge >= 0.3 is 0 Å². The number of ether oxygens (including phenoxy) is 3. The van der Waals surface area contributed by atoms with Gasteiger partial charge in [0.2, 0.25) is 0 Å². The van der Waals surface area contributed by atoms with Gasteiger partial charge in [-0.1, -0.05) is 0 Å². The maximum Gasteiger partial charge on any atom is 0.260 e. The molecule has 0 spiro atoms. The molecule has 0 aromatic heterocycles. The first kappa shape index (κ1) is 14.6.